The summed E-state index contributed by atoms with van der Waals surface area (Å²) in [6.07, 6.45) is -4.63. The van der Waals surface area contributed by atoms with Crippen molar-refractivity contribution in [2.45, 2.75) is 51.0 Å². The van der Waals surface area contributed by atoms with Crippen LogP contribution in [0.1, 0.15) is 29.8 Å². The fraction of sp³-hybridized carbons (Fsp3) is 0.333. The summed E-state index contributed by atoms with van der Waals surface area (Å²) in [5, 5.41) is 24.4. The van der Waals surface area contributed by atoms with Gasteiger partial charge in [0.2, 0.25) is 6.29 Å². The SMILES string of the molecule is COc1cccc(-c2cc(C(=O)Nc3cc4ccc(O[C@@H]5OC(C)(C)[C@H](OC)[C@@H](O)[C@@H]5O)c(C)c4oc3=O)ccc2OC)c1. The van der Waals surface area contributed by atoms with Gasteiger partial charge in [-0.05, 0) is 74.9 Å². The maximum Gasteiger partial charge on any atom is 0.360 e. The number of methoxy groups -OCH3 is 3. The third-order valence-electron chi connectivity index (χ3n) is 7.73. The first-order chi connectivity index (χ1) is 21.0. The van der Waals surface area contributed by atoms with Crippen molar-refractivity contribution in [3.63, 3.8) is 0 Å². The van der Waals surface area contributed by atoms with Gasteiger partial charge in [0.15, 0.2) is 0 Å². The minimum atomic E-state index is -1.39. The maximum absolute atomic E-state index is 13.3. The highest BCUT2D eigenvalue weighted by molar-refractivity contribution is 6.05. The molecular formula is C33H35NO10. The number of aliphatic hydroxyl groups is 2. The molecule has 0 radical (unpaired) electrons. The van der Waals surface area contributed by atoms with Crippen LogP contribution in [0.2, 0.25) is 0 Å². The van der Waals surface area contributed by atoms with Gasteiger partial charge in [-0.3, -0.25) is 4.79 Å². The second kappa shape index (κ2) is 12.3. The molecule has 4 atom stereocenters. The Hall–Kier alpha value is -4.42. The Bertz CT molecular complexity index is 1750. The summed E-state index contributed by atoms with van der Waals surface area (Å²) < 4.78 is 33.6. The zero-order valence-corrected chi connectivity index (χ0v) is 25.2. The van der Waals surface area contributed by atoms with Crippen molar-refractivity contribution in [3.8, 4) is 28.4 Å². The average Bonchev–Trinajstić information content (AvgIpc) is 3.01. The minimum absolute atomic E-state index is 0.0455. The molecule has 232 valence electrons. The first kappa shape index (κ1) is 31.0. The smallest absolute Gasteiger partial charge is 0.360 e. The number of ether oxygens (including phenoxy) is 5. The van der Waals surface area contributed by atoms with Gasteiger partial charge < -0.3 is 43.6 Å². The zero-order valence-electron chi connectivity index (χ0n) is 25.2. The Labute approximate surface area is 253 Å². The molecule has 0 unspecified atom stereocenters. The van der Waals surface area contributed by atoms with Crippen LogP contribution in [0.25, 0.3) is 22.1 Å². The lowest BCUT2D eigenvalue weighted by atomic mass is 9.89. The molecular weight excluding hydrogens is 570 g/mol. The van der Waals surface area contributed by atoms with Crippen LogP contribution in [-0.2, 0) is 9.47 Å². The Morgan fingerprint density at radius 2 is 1.68 bits per heavy atom. The molecule has 44 heavy (non-hydrogen) atoms. The van der Waals surface area contributed by atoms with Crippen LogP contribution in [0, 0.1) is 6.92 Å². The van der Waals surface area contributed by atoms with Gasteiger partial charge in [-0.15, -0.1) is 0 Å². The molecule has 1 fully saturated rings. The van der Waals surface area contributed by atoms with Crippen LogP contribution in [0.4, 0.5) is 5.69 Å². The van der Waals surface area contributed by atoms with Crippen LogP contribution in [0.3, 0.4) is 0 Å². The predicted molar refractivity (Wildman–Crippen MR) is 163 cm³/mol. The molecule has 0 spiro atoms. The van der Waals surface area contributed by atoms with Gasteiger partial charge in [0, 0.05) is 29.2 Å². The summed E-state index contributed by atoms with van der Waals surface area (Å²) >= 11 is 0. The number of amides is 1. The highest BCUT2D eigenvalue weighted by atomic mass is 16.7. The molecule has 1 saturated heterocycles. The maximum atomic E-state index is 13.3. The van der Waals surface area contributed by atoms with Crippen LogP contribution in [0.15, 0.2) is 69.9 Å². The second-order valence-corrected chi connectivity index (χ2v) is 11.0. The van der Waals surface area contributed by atoms with E-state index in [2.05, 4.69) is 5.32 Å². The van der Waals surface area contributed by atoms with E-state index in [9.17, 15) is 19.8 Å². The van der Waals surface area contributed by atoms with Crippen molar-refractivity contribution in [2.24, 2.45) is 0 Å². The second-order valence-electron chi connectivity index (χ2n) is 11.0. The van der Waals surface area contributed by atoms with E-state index >= 15 is 0 Å². The number of anilines is 1. The minimum Gasteiger partial charge on any atom is -0.497 e. The highest BCUT2D eigenvalue weighted by Gasteiger charge is 2.50. The number of carbonyl (C=O) groups is 1. The van der Waals surface area contributed by atoms with Gasteiger partial charge in [-0.2, -0.15) is 0 Å². The molecule has 11 heteroatoms. The monoisotopic (exact) mass is 605 g/mol. The molecule has 0 saturated carbocycles. The molecule has 3 N–H and O–H groups in total. The molecule has 0 bridgehead atoms. The van der Waals surface area contributed by atoms with Gasteiger partial charge >= 0.3 is 5.63 Å². The number of aryl methyl sites for hydroxylation is 1. The van der Waals surface area contributed by atoms with Crippen molar-refractivity contribution < 1.29 is 43.1 Å². The third kappa shape index (κ3) is 5.87. The van der Waals surface area contributed by atoms with Gasteiger partial charge in [-0.1, -0.05) is 12.1 Å². The Balaban J connectivity index is 1.40. The number of nitrogens with one attached hydrogen (secondary N) is 1. The van der Waals surface area contributed by atoms with E-state index in [0.717, 1.165) is 5.56 Å². The summed E-state index contributed by atoms with van der Waals surface area (Å²) in [5.41, 5.74) is 0.696. The van der Waals surface area contributed by atoms with Crippen LogP contribution in [0.5, 0.6) is 17.2 Å². The fourth-order valence-electron chi connectivity index (χ4n) is 5.41. The lowest BCUT2D eigenvalue weighted by Gasteiger charge is -2.46. The summed E-state index contributed by atoms with van der Waals surface area (Å²) in [5.74, 6) is 0.986. The van der Waals surface area contributed by atoms with Crippen LogP contribution >= 0.6 is 0 Å². The average molecular weight is 606 g/mol. The number of rotatable bonds is 8. The topological polar surface area (TPSA) is 146 Å². The third-order valence-corrected chi connectivity index (χ3v) is 7.73. The van der Waals surface area contributed by atoms with E-state index in [-0.39, 0.29) is 17.0 Å². The van der Waals surface area contributed by atoms with E-state index in [1.807, 2.05) is 24.3 Å². The normalized spacial score (nSPS) is 21.1. The number of aliphatic hydroxyl groups excluding tert-OH is 2. The van der Waals surface area contributed by atoms with Gasteiger partial charge in [0.25, 0.3) is 5.91 Å². The fourth-order valence-corrected chi connectivity index (χ4v) is 5.41. The summed E-state index contributed by atoms with van der Waals surface area (Å²) in [6.45, 7) is 5.13. The molecule has 0 aliphatic carbocycles. The Morgan fingerprint density at radius 1 is 0.932 bits per heavy atom. The van der Waals surface area contributed by atoms with Gasteiger partial charge in [0.05, 0.1) is 19.8 Å². The molecule has 1 aromatic heterocycles. The summed E-state index contributed by atoms with van der Waals surface area (Å²) in [7, 11) is 4.54. The van der Waals surface area contributed by atoms with E-state index in [1.54, 1.807) is 65.3 Å². The predicted octanol–water partition coefficient (Wildman–Crippen LogP) is 4.29. The number of fused-ring (bicyclic) bond motifs is 1. The largest absolute Gasteiger partial charge is 0.497 e. The van der Waals surface area contributed by atoms with Crippen molar-refractivity contribution in [1.82, 2.24) is 0 Å². The van der Waals surface area contributed by atoms with Crippen molar-refractivity contribution in [2.75, 3.05) is 26.6 Å². The van der Waals surface area contributed by atoms with E-state index in [4.69, 9.17) is 28.1 Å². The standard InChI is InChI=1S/C33H35NO10/c1-17-24(42-32-27(36)26(35)29(41-6)33(2,3)44-32)12-10-19-16-23(31(38)43-28(17)19)34-30(37)20-11-13-25(40-5)22(15-20)18-8-7-9-21(14-18)39-4/h7-16,26-27,29,32,35-36H,1-6H3,(H,34,37)/t26-,27-,29+,32+/m0/s1. The van der Waals surface area contributed by atoms with Crippen molar-refractivity contribution in [3.05, 3.63) is 82.2 Å². The van der Waals surface area contributed by atoms with Crippen molar-refractivity contribution >= 4 is 22.6 Å². The number of carbonyl (C=O) groups excluding carboxylic acids is 1. The van der Waals surface area contributed by atoms with E-state index in [0.29, 0.717) is 33.6 Å². The lowest BCUT2D eigenvalue weighted by Crippen LogP contribution is -2.63. The first-order valence-corrected chi connectivity index (χ1v) is 13.9. The number of hydrogen-bond donors (Lipinski definition) is 3. The zero-order chi connectivity index (χ0) is 31.8. The van der Waals surface area contributed by atoms with Crippen LogP contribution in [-0.4, -0.2) is 67.7 Å². The Morgan fingerprint density at radius 3 is 2.39 bits per heavy atom. The van der Waals surface area contributed by atoms with E-state index < -0.39 is 41.7 Å². The van der Waals surface area contributed by atoms with Crippen molar-refractivity contribution in [1.29, 1.82) is 0 Å². The molecule has 3 aromatic carbocycles. The lowest BCUT2D eigenvalue weighted by molar-refractivity contribution is -0.306. The van der Waals surface area contributed by atoms with Gasteiger partial charge in [0.1, 0.15) is 46.8 Å². The molecule has 2 heterocycles. The quantitative estimate of drug-likeness (QED) is 0.249. The Kier molecular flexibility index (Phi) is 8.66. The number of hydrogen-bond acceptors (Lipinski definition) is 10. The summed E-state index contributed by atoms with van der Waals surface area (Å²) in [6, 6.07) is 17.1. The molecule has 1 aliphatic heterocycles. The molecule has 4 aromatic rings. The highest BCUT2D eigenvalue weighted by Crippen LogP contribution is 2.36. The molecule has 1 aliphatic rings. The number of benzene rings is 3. The van der Waals surface area contributed by atoms with Crippen LogP contribution < -0.4 is 25.2 Å². The molecule has 5 rings (SSSR count). The molecule has 1 amide bonds. The molecule has 11 nitrogen and oxygen atoms in total. The van der Waals surface area contributed by atoms with E-state index in [1.165, 1.54) is 13.2 Å². The van der Waals surface area contributed by atoms with Gasteiger partial charge in [-0.25, -0.2) is 4.79 Å². The first-order valence-electron chi connectivity index (χ1n) is 13.9. The summed E-state index contributed by atoms with van der Waals surface area (Å²) in [4.78, 5) is 26.3.